The van der Waals surface area contributed by atoms with E-state index in [-0.39, 0.29) is 5.54 Å². The molecule has 3 aliphatic rings. The van der Waals surface area contributed by atoms with Crippen LogP contribution in [-0.2, 0) is 0 Å². The van der Waals surface area contributed by atoms with Crippen molar-refractivity contribution in [3.63, 3.8) is 0 Å². The SMILES string of the molecule is N#CC1(N2CCCCCC2)CCN2CCCC21. The topological polar surface area (TPSA) is 30.3 Å². The van der Waals surface area contributed by atoms with Crippen LogP contribution in [0, 0.1) is 11.3 Å². The molecule has 0 N–H and O–H groups in total. The molecule has 0 spiro atoms. The highest BCUT2D eigenvalue weighted by Crippen LogP contribution is 2.40. The fraction of sp³-hybridized carbons (Fsp3) is 0.929. The standard InChI is InChI=1S/C14H23N3/c15-12-14(17-9-3-1-2-4-10-17)7-11-16-8-5-6-13(14)16/h13H,1-11H2. The van der Waals surface area contributed by atoms with Gasteiger partial charge in [0.1, 0.15) is 5.54 Å². The Hall–Kier alpha value is -0.590. The minimum Gasteiger partial charge on any atom is -0.297 e. The molecule has 0 amide bonds. The van der Waals surface area contributed by atoms with Gasteiger partial charge in [-0.3, -0.25) is 9.80 Å². The highest BCUT2D eigenvalue weighted by atomic mass is 15.3. The van der Waals surface area contributed by atoms with Crippen LogP contribution in [0.15, 0.2) is 0 Å². The Kier molecular flexibility index (Phi) is 3.10. The Bertz CT molecular complexity index is 314. The Balaban J connectivity index is 1.83. The third-order valence-electron chi connectivity index (χ3n) is 5.06. The predicted octanol–water partition coefficient (Wildman–Crippen LogP) is 1.99. The molecule has 0 radical (unpaired) electrons. The van der Waals surface area contributed by atoms with Crippen molar-refractivity contribution in [2.75, 3.05) is 26.2 Å². The van der Waals surface area contributed by atoms with E-state index in [0.29, 0.717) is 6.04 Å². The lowest BCUT2D eigenvalue weighted by Gasteiger charge is -2.39. The molecule has 0 aliphatic carbocycles. The summed E-state index contributed by atoms with van der Waals surface area (Å²) in [5, 5.41) is 9.79. The van der Waals surface area contributed by atoms with Crippen LogP contribution in [0.25, 0.3) is 0 Å². The van der Waals surface area contributed by atoms with Gasteiger partial charge in [-0.25, -0.2) is 0 Å². The first kappa shape index (κ1) is 11.5. The van der Waals surface area contributed by atoms with E-state index in [9.17, 15) is 5.26 Å². The second-order valence-electron chi connectivity index (χ2n) is 5.88. The van der Waals surface area contributed by atoms with Crippen molar-refractivity contribution in [2.24, 2.45) is 0 Å². The maximum absolute atomic E-state index is 9.79. The molecule has 3 rings (SSSR count). The first-order valence-corrected chi connectivity index (χ1v) is 7.27. The third kappa shape index (κ3) is 1.78. The highest BCUT2D eigenvalue weighted by molar-refractivity contribution is 5.20. The molecule has 0 aromatic rings. The van der Waals surface area contributed by atoms with Gasteiger partial charge in [-0.05, 0) is 51.7 Å². The lowest BCUT2D eigenvalue weighted by Crippen LogP contribution is -2.54. The molecule has 94 valence electrons. The number of hydrogen-bond acceptors (Lipinski definition) is 3. The van der Waals surface area contributed by atoms with Crippen LogP contribution in [0.2, 0.25) is 0 Å². The summed E-state index contributed by atoms with van der Waals surface area (Å²) in [6.07, 6.45) is 8.89. The predicted molar refractivity (Wildman–Crippen MR) is 67.6 cm³/mol. The normalized spacial score (nSPS) is 39.8. The number of nitriles is 1. The monoisotopic (exact) mass is 233 g/mol. The van der Waals surface area contributed by atoms with Crippen molar-refractivity contribution in [1.29, 1.82) is 5.26 Å². The Morgan fingerprint density at radius 3 is 2.41 bits per heavy atom. The van der Waals surface area contributed by atoms with Gasteiger partial charge in [0.05, 0.1) is 6.07 Å². The molecule has 2 unspecified atom stereocenters. The van der Waals surface area contributed by atoms with Gasteiger partial charge in [0.15, 0.2) is 0 Å². The van der Waals surface area contributed by atoms with Crippen LogP contribution >= 0.6 is 0 Å². The van der Waals surface area contributed by atoms with E-state index >= 15 is 0 Å². The zero-order chi connectivity index (χ0) is 11.7. The van der Waals surface area contributed by atoms with E-state index in [0.717, 1.165) is 26.1 Å². The van der Waals surface area contributed by atoms with Gasteiger partial charge in [-0.2, -0.15) is 5.26 Å². The Labute approximate surface area is 104 Å². The van der Waals surface area contributed by atoms with E-state index in [1.54, 1.807) is 0 Å². The molecule has 3 saturated heterocycles. The lowest BCUT2D eigenvalue weighted by molar-refractivity contribution is 0.109. The minimum absolute atomic E-state index is 0.138. The molecular weight excluding hydrogens is 210 g/mol. The summed E-state index contributed by atoms with van der Waals surface area (Å²) in [7, 11) is 0. The van der Waals surface area contributed by atoms with Gasteiger partial charge in [0.25, 0.3) is 0 Å². The molecule has 3 aliphatic heterocycles. The summed E-state index contributed by atoms with van der Waals surface area (Å²) in [6, 6.07) is 3.26. The quantitative estimate of drug-likeness (QED) is 0.694. The van der Waals surface area contributed by atoms with Crippen molar-refractivity contribution in [1.82, 2.24) is 9.80 Å². The van der Waals surface area contributed by atoms with Crippen molar-refractivity contribution < 1.29 is 0 Å². The van der Waals surface area contributed by atoms with E-state index in [2.05, 4.69) is 15.9 Å². The van der Waals surface area contributed by atoms with Crippen molar-refractivity contribution >= 4 is 0 Å². The third-order valence-corrected chi connectivity index (χ3v) is 5.06. The minimum atomic E-state index is -0.138. The van der Waals surface area contributed by atoms with Gasteiger partial charge in [-0.15, -0.1) is 0 Å². The number of rotatable bonds is 1. The maximum atomic E-state index is 9.79. The van der Waals surface area contributed by atoms with E-state index < -0.39 is 0 Å². The summed E-state index contributed by atoms with van der Waals surface area (Å²) in [5.74, 6) is 0. The van der Waals surface area contributed by atoms with E-state index in [1.165, 1.54) is 45.1 Å². The van der Waals surface area contributed by atoms with E-state index in [1.807, 2.05) is 0 Å². The van der Waals surface area contributed by atoms with Crippen LogP contribution in [0.3, 0.4) is 0 Å². The van der Waals surface area contributed by atoms with Crippen LogP contribution in [0.5, 0.6) is 0 Å². The highest BCUT2D eigenvalue weighted by Gasteiger charge is 2.52. The molecule has 0 aromatic carbocycles. The van der Waals surface area contributed by atoms with Gasteiger partial charge in [0.2, 0.25) is 0 Å². The number of likely N-dealkylation sites (tertiary alicyclic amines) is 1. The molecular formula is C14H23N3. The smallest absolute Gasteiger partial charge is 0.126 e. The zero-order valence-corrected chi connectivity index (χ0v) is 10.7. The first-order valence-electron chi connectivity index (χ1n) is 7.27. The van der Waals surface area contributed by atoms with Crippen molar-refractivity contribution in [3.05, 3.63) is 0 Å². The summed E-state index contributed by atoms with van der Waals surface area (Å²) in [4.78, 5) is 5.10. The number of fused-ring (bicyclic) bond motifs is 1. The van der Waals surface area contributed by atoms with Crippen LogP contribution in [0.1, 0.15) is 44.9 Å². The van der Waals surface area contributed by atoms with Gasteiger partial charge < -0.3 is 0 Å². The van der Waals surface area contributed by atoms with Crippen LogP contribution < -0.4 is 0 Å². The largest absolute Gasteiger partial charge is 0.297 e. The maximum Gasteiger partial charge on any atom is 0.126 e. The van der Waals surface area contributed by atoms with Crippen LogP contribution in [-0.4, -0.2) is 47.6 Å². The average Bonchev–Trinajstić information content (AvgIpc) is 2.83. The Morgan fingerprint density at radius 1 is 0.941 bits per heavy atom. The second kappa shape index (κ2) is 4.59. The molecule has 17 heavy (non-hydrogen) atoms. The van der Waals surface area contributed by atoms with E-state index in [4.69, 9.17) is 0 Å². The van der Waals surface area contributed by atoms with Crippen molar-refractivity contribution in [2.45, 2.75) is 56.5 Å². The molecule has 3 nitrogen and oxygen atoms in total. The molecule has 2 atom stereocenters. The Morgan fingerprint density at radius 2 is 1.71 bits per heavy atom. The van der Waals surface area contributed by atoms with Gasteiger partial charge in [-0.1, -0.05) is 12.8 Å². The molecule has 0 bridgehead atoms. The fourth-order valence-corrected chi connectivity index (χ4v) is 4.15. The fourth-order valence-electron chi connectivity index (χ4n) is 4.15. The zero-order valence-electron chi connectivity index (χ0n) is 10.7. The second-order valence-corrected chi connectivity index (χ2v) is 5.88. The first-order chi connectivity index (χ1) is 8.37. The lowest BCUT2D eigenvalue weighted by atomic mass is 9.88. The van der Waals surface area contributed by atoms with Crippen LogP contribution in [0.4, 0.5) is 0 Å². The van der Waals surface area contributed by atoms with Gasteiger partial charge in [0, 0.05) is 12.6 Å². The molecule has 3 heteroatoms. The van der Waals surface area contributed by atoms with Gasteiger partial charge >= 0.3 is 0 Å². The summed E-state index contributed by atoms with van der Waals surface area (Å²) >= 11 is 0. The average molecular weight is 233 g/mol. The van der Waals surface area contributed by atoms with Crippen molar-refractivity contribution in [3.8, 4) is 6.07 Å². The number of nitrogens with zero attached hydrogens (tertiary/aromatic N) is 3. The number of hydrogen-bond donors (Lipinski definition) is 0. The molecule has 3 heterocycles. The summed E-state index contributed by atoms with van der Waals surface area (Å²) in [5.41, 5.74) is -0.138. The molecule has 0 aromatic heterocycles. The molecule has 3 fully saturated rings. The summed E-state index contributed by atoms with van der Waals surface area (Å²) < 4.78 is 0. The summed E-state index contributed by atoms with van der Waals surface area (Å²) in [6.45, 7) is 4.67. The molecule has 0 saturated carbocycles.